The summed E-state index contributed by atoms with van der Waals surface area (Å²) < 4.78 is 6.06. The van der Waals surface area contributed by atoms with Crippen LogP contribution < -0.4 is 10.1 Å². The van der Waals surface area contributed by atoms with Crippen molar-refractivity contribution in [3.8, 4) is 5.75 Å². The Labute approximate surface area is 101 Å². The van der Waals surface area contributed by atoms with Crippen LogP contribution in [-0.2, 0) is 6.42 Å². The van der Waals surface area contributed by atoms with Crippen molar-refractivity contribution < 1.29 is 4.74 Å². The van der Waals surface area contributed by atoms with Gasteiger partial charge in [-0.25, -0.2) is 0 Å². The minimum Gasteiger partial charge on any atom is -0.486 e. The second-order valence-corrected chi connectivity index (χ2v) is 5.88. The molecule has 2 aliphatic heterocycles. The molecule has 1 aromatic carbocycles. The lowest BCUT2D eigenvalue weighted by Gasteiger charge is -2.38. The lowest BCUT2D eigenvalue weighted by atomic mass is 10.0. The maximum atomic E-state index is 6.06. The number of fused-ring (bicyclic) bond motifs is 1. The van der Waals surface area contributed by atoms with E-state index in [9.17, 15) is 0 Å². The van der Waals surface area contributed by atoms with Crippen LogP contribution in [0, 0.1) is 0 Å². The number of nitrogens with one attached hydrogen (secondary N) is 1. The molecule has 3 heteroatoms. The molecule has 16 heavy (non-hydrogen) atoms. The van der Waals surface area contributed by atoms with Gasteiger partial charge in [-0.15, -0.1) is 0 Å². The van der Waals surface area contributed by atoms with Crippen LogP contribution in [-0.4, -0.2) is 23.7 Å². The molecule has 2 heterocycles. The fourth-order valence-electron chi connectivity index (χ4n) is 2.25. The Morgan fingerprint density at radius 1 is 1.38 bits per heavy atom. The van der Waals surface area contributed by atoms with Crippen LogP contribution in [0.15, 0.2) is 18.2 Å². The van der Waals surface area contributed by atoms with Crippen LogP contribution in [0.3, 0.4) is 0 Å². The Morgan fingerprint density at radius 2 is 2.25 bits per heavy atom. The van der Waals surface area contributed by atoms with Gasteiger partial charge in [0.15, 0.2) is 0 Å². The first kappa shape index (κ1) is 10.3. The fourth-order valence-corrected chi connectivity index (χ4v) is 3.14. The predicted molar refractivity (Wildman–Crippen MR) is 69.6 cm³/mol. The van der Waals surface area contributed by atoms with Gasteiger partial charge < -0.3 is 10.1 Å². The van der Waals surface area contributed by atoms with Gasteiger partial charge in [0.2, 0.25) is 0 Å². The largest absolute Gasteiger partial charge is 0.486 e. The Hall–Kier alpha value is -0.830. The van der Waals surface area contributed by atoms with Crippen LogP contribution in [0.2, 0.25) is 0 Å². The van der Waals surface area contributed by atoms with Crippen LogP contribution >= 0.6 is 11.8 Å². The highest BCUT2D eigenvalue weighted by Gasteiger charge is 2.35. The molecule has 2 nitrogen and oxygen atoms in total. The summed E-state index contributed by atoms with van der Waals surface area (Å²) in [6.07, 6.45) is 2.40. The zero-order valence-electron chi connectivity index (χ0n) is 9.58. The number of hydrogen-bond donors (Lipinski definition) is 1. The first-order chi connectivity index (χ1) is 7.75. The van der Waals surface area contributed by atoms with E-state index < -0.39 is 0 Å². The van der Waals surface area contributed by atoms with Gasteiger partial charge >= 0.3 is 0 Å². The molecule has 0 bridgehead atoms. The van der Waals surface area contributed by atoms with Crippen molar-refractivity contribution in [3.05, 3.63) is 23.8 Å². The molecule has 0 aliphatic carbocycles. The SMILES string of the molecule is CC1(Oc2ccc3c(c2)CCCN3)CSC1. The van der Waals surface area contributed by atoms with Crippen LogP contribution in [0.25, 0.3) is 0 Å². The number of anilines is 1. The van der Waals surface area contributed by atoms with Crippen LogP contribution in [0.1, 0.15) is 18.9 Å². The summed E-state index contributed by atoms with van der Waals surface area (Å²) in [6.45, 7) is 3.29. The van der Waals surface area contributed by atoms with E-state index >= 15 is 0 Å². The van der Waals surface area contributed by atoms with E-state index in [1.54, 1.807) is 0 Å². The second-order valence-electron chi connectivity index (χ2n) is 4.89. The molecule has 2 aliphatic rings. The maximum Gasteiger partial charge on any atom is 0.124 e. The minimum atomic E-state index is 0.0704. The second kappa shape index (κ2) is 3.88. The average molecular weight is 235 g/mol. The number of benzene rings is 1. The molecule has 1 fully saturated rings. The molecular weight excluding hydrogens is 218 g/mol. The molecule has 3 rings (SSSR count). The van der Waals surface area contributed by atoms with E-state index in [1.807, 2.05) is 11.8 Å². The van der Waals surface area contributed by atoms with Crippen molar-refractivity contribution in [2.24, 2.45) is 0 Å². The molecule has 0 unspecified atom stereocenters. The predicted octanol–water partition coefficient (Wildman–Crippen LogP) is 2.93. The Balaban J connectivity index is 1.80. The summed E-state index contributed by atoms with van der Waals surface area (Å²) in [4.78, 5) is 0. The lowest BCUT2D eigenvalue weighted by molar-refractivity contribution is 0.129. The maximum absolute atomic E-state index is 6.06. The average Bonchev–Trinajstić information content (AvgIpc) is 2.27. The van der Waals surface area contributed by atoms with E-state index in [4.69, 9.17) is 4.74 Å². The molecule has 0 saturated carbocycles. The molecule has 0 atom stereocenters. The van der Waals surface area contributed by atoms with Crippen molar-refractivity contribution in [1.29, 1.82) is 0 Å². The van der Waals surface area contributed by atoms with E-state index in [2.05, 4.69) is 30.4 Å². The lowest BCUT2D eigenvalue weighted by Crippen LogP contribution is -2.45. The zero-order chi connectivity index (χ0) is 11.0. The molecule has 0 amide bonds. The normalized spacial score (nSPS) is 21.6. The number of thioether (sulfide) groups is 1. The van der Waals surface area contributed by atoms with Crippen molar-refractivity contribution in [1.82, 2.24) is 0 Å². The summed E-state index contributed by atoms with van der Waals surface area (Å²) in [5, 5.41) is 3.42. The van der Waals surface area contributed by atoms with Gasteiger partial charge in [0, 0.05) is 23.7 Å². The molecule has 0 spiro atoms. The van der Waals surface area contributed by atoms with Gasteiger partial charge in [0.05, 0.1) is 0 Å². The first-order valence-electron chi connectivity index (χ1n) is 5.89. The fraction of sp³-hybridized carbons (Fsp3) is 0.538. The molecule has 86 valence electrons. The summed E-state index contributed by atoms with van der Waals surface area (Å²) >= 11 is 1.95. The number of aryl methyl sites for hydroxylation is 1. The van der Waals surface area contributed by atoms with Gasteiger partial charge in [-0.05, 0) is 43.5 Å². The smallest absolute Gasteiger partial charge is 0.124 e. The Bertz CT molecular complexity index is 401. The van der Waals surface area contributed by atoms with Gasteiger partial charge in [-0.2, -0.15) is 11.8 Å². The van der Waals surface area contributed by atoms with Gasteiger partial charge in [0.1, 0.15) is 11.4 Å². The molecule has 1 saturated heterocycles. The van der Waals surface area contributed by atoms with Crippen molar-refractivity contribution >= 4 is 17.4 Å². The van der Waals surface area contributed by atoms with Gasteiger partial charge in [0.25, 0.3) is 0 Å². The van der Waals surface area contributed by atoms with Gasteiger partial charge in [-0.3, -0.25) is 0 Å². The summed E-state index contributed by atoms with van der Waals surface area (Å²) in [7, 11) is 0. The highest BCUT2D eigenvalue weighted by molar-refractivity contribution is 8.00. The van der Waals surface area contributed by atoms with Crippen LogP contribution in [0.5, 0.6) is 5.75 Å². The van der Waals surface area contributed by atoms with Crippen molar-refractivity contribution in [2.75, 3.05) is 23.4 Å². The number of hydrogen-bond acceptors (Lipinski definition) is 3. The number of rotatable bonds is 2. The van der Waals surface area contributed by atoms with Crippen molar-refractivity contribution in [3.63, 3.8) is 0 Å². The molecular formula is C13H17NOS. The third-order valence-corrected chi connectivity index (χ3v) is 4.82. The topological polar surface area (TPSA) is 21.3 Å². The molecule has 1 N–H and O–H groups in total. The summed E-state index contributed by atoms with van der Waals surface area (Å²) in [5.41, 5.74) is 2.76. The Kier molecular flexibility index (Phi) is 2.51. The van der Waals surface area contributed by atoms with Gasteiger partial charge in [-0.1, -0.05) is 0 Å². The third kappa shape index (κ3) is 1.88. The van der Waals surface area contributed by atoms with E-state index in [0.29, 0.717) is 0 Å². The molecule has 0 radical (unpaired) electrons. The quantitative estimate of drug-likeness (QED) is 0.851. The minimum absolute atomic E-state index is 0.0704. The highest BCUT2D eigenvalue weighted by atomic mass is 32.2. The standard InChI is InChI=1S/C13H17NOS/c1-13(8-16-9-13)15-11-4-5-12-10(7-11)3-2-6-14-12/h4-5,7,14H,2-3,6,8-9H2,1H3. The third-order valence-electron chi connectivity index (χ3n) is 3.19. The highest BCUT2D eigenvalue weighted by Crippen LogP contribution is 2.35. The summed E-state index contributed by atoms with van der Waals surface area (Å²) in [6, 6.07) is 6.44. The van der Waals surface area contributed by atoms with E-state index in [1.165, 1.54) is 24.1 Å². The molecule has 0 aromatic heterocycles. The van der Waals surface area contributed by atoms with E-state index in [-0.39, 0.29) is 5.60 Å². The monoisotopic (exact) mass is 235 g/mol. The Morgan fingerprint density at radius 3 is 3.00 bits per heavy atom. The first-order valence-corrected chi connectivity index (χ1v) is 7.04. The van der Waals surface area contributed by atoms with Crippen molar-refractivity contribution in [2.45, 2.75) is 25.4 Å². The summed E-state index contributed by atoms with van der Waals surface area (Å²) in [5.74, 6) is 3.26. The molecule has 1 aromatic rings. The number of ether oxygens (including phenoxy) is 1. The zero-order valence-corrected chi connectivity index (χ0v) is 10.4. The van der Waals surface area contributed by atoms with E-state index in [0.717, 1.165) is 23.8 Å². The van der Waals surface area contributed by atoms with Crippen LogP contribution in [0.4, 0.5) is 5.69 Å².